The number of rotatable bonds is 5. The van der Waals surface area contributed by atoms with E-state index in [2.05, 4.69) is 10.3 Å². The van der Waals surface area contributed by atoms with E-state index in [4.69, 9.17) is 11.6 Å². The maximum absolute atomic E-state index is 13.2. The highest BCUT2D eigenvalue weighted by Crippen LogP contribution is 2.31. The maximum atomic E-state index is 13.2. The van der Waals surface area contributed by atoms with Gasteiger partial charge in [-0.1, -0.05) is 55.3 Å². The summed E-state index contributed by atoms with van der Waals surface area (Å²) >= 11 is 7.31. The Morgan fingerprint density at radius 1 is 1.17 bits per heavy atom. The van der Waals surface area contributed by atoms with Crippen molar-refractivity contribution in [2.75, 3.05) is 5.32 Å². The third-order valence-corrected chi connectivity index (χ3v) is 6.30. The van der Waals surface area contributed by atoms with Crippen LogP contribution in [0.25, 0.3) is 10.2 Å². The Labute approximate surface area is 176 Å². The summed E-state index contributed by atoms with van der Waals surface area (Å²) in [6.45, 7) is 3.77. The molecule has 2 atom stereocenters. The highest BCUT2D eigenvalue weighted by Gasteiger charge is 2.44. The Hall–Kier alpha value is -2.77. The standard InChI is InChI=1S/C21H18ClN3O3S/c1-3-11(2)17(25-19(27)13-6-4-5-7-14(13)20(25)28)18(26)24-21-23-15-9-8-12(22)10-16(15)29-21/h4-11,17H,3H2,1-2H3,(H,23,24,26). The van der Waals surface area contributed by atoms with Crippen LogP contribution in [0.15, 0.2) is 42.5 Å². The van der Waals surface area contributed by atoms with Crippen LogP contribution in [0.2, 0.25) is 5.02 Å². The molecular weight excluding hydrogens is 410 g/mol. The van der Waals surface area contributed by atoms with Gasteiger partial charge < -0.3 is 5.32 Å². The molecule has 2 heterocycles. The molecule has 1 N–H and O–H groups in total. The van der Waals surface area contributed by atoms with E-state index in [1.807, 2.05) is 13.8 Å². The van der Waals surface area contributed by atoms with Gasteiger partial charge in [0.1, 0.15) is 6.04 Å². The van der Waals surface area contributed by atoms with Crippen molar-refractivity contribution < 1.29 is 14.4 Å². The molecule has 0 bridgehead atoms. The normalized spacial score (nSPS) is 15.5. The lowest BCUT2D eigenvalue weighted by atomic mass is 9.96. The predicted octanol–water partition coefficient (Wildman–Crippen LogP) is 4.60. The van der Waals surface area contributed by atoms with Crippen molar-refractivity contribution in [2.24, 2.45) is 5.92 Å². The molecule has 3 aromatic rings. The molecule has 0 saturated heterocycles. The summed E-state index contributed by atoms with van der Waals surface area (Å²) in [6.07, 6.45) is 0.626. The van der Waals surface area contributed by atoms with Gasteiger partial charge >= 0.3 is 0 Å². The number of carbonyl (C=O) groups is 3. The van der Waals surface area contributed by atoms with Crippen molar-refractivity contribution in [3.8, 4) is 0 Å². The van der Waals surface area contributed by atoms with E-state index in [1.54, 1.807) is 42.5 Å². The van der Waals surface area contributed by atoms with Gasteiger partial charge in [0.15, 0.2) is 5.13 Å². The quantitative estimate of drug-likeness (QED) is 0.603. The van der Waals surface area contributed by atoms with E-state index < -0.39 is 23.8 Å². The third-order valence-electron chi connectivity index (χ3n) is 5.14. The van der Waals surface area contributed by atoms with Crippen LogP contribution in [0.1, 0.15) is 41.0 Å². The van der Waals surface area contributed by atoms with Crippen molar-refractivity contribution in [1.82, 2.24) is 9.88 Å². The number of nitrogens with one attached hydrogen (secondary N) is 1. The topological polar surface area (TPSA) is 79.4 Å². The van der Waals surface area contributed by atoms with E-state index in [0.29, 0.717) is 27.7 Å². The molecule has 1 aromatic heterocycles. The zero-order valence-corrected chi connectivity index (χ0v) is 17.4. The van der Waals surface area contributed by atoms with Crippen LogP contribution < -0.4 is 5.32 Å². The summed E-state index contributed by atoms with van der Waals surface area (Å²) in [6, 6.07) is 11.0. The molecule has 4 rings (SSSR count). The minimum atomic E-state index is -0.928. The van der Waals surface area contributed by atoms with Gasteiger partial charge in [0, 0.05) is 5.02 Å². The summed E-state index contributed by atoms with van der Waals surface area (Å²) in [5, 5.41) is 3.78. The van der Waals surface area contributed by atoms with Gasteiger partial charge in [0.2, 0.25) is 5.91 Å². The second-order valence-electron chi connectivity index (χ2n) is 6.98. The van der Waals surface area contributed by atoms with Crippen LogP contribution >= 0.6 is 22.9 Å². The lowest BCUT2D eigenvalue weighted by Gasteiger charge is -2.29. The number of halogens is 1. The van der Waals surface area contributed by atoms with Gasteiger partial charge in [-0.3, -0.25) is 19.3 Å². The van der Waals surface area contributed by atoms with E-state index in [-0.39, 0.29) is 5.92 Å². The number of imide groups is 1. The molecule has 1 aliphatic rings. The first kappa shape index (κ1) is 19.5. The zero-order chi connectivity index (χ0) is 20.7. The van der Waals surface area contributed by atoms with E-state index in [9.17, 15) is 14.4 Å². The SMILES string of the molecule is CCC(C)C(C(=O)Nc1nc2ccc(Cl)cc2s1)N1C(=O)c2ccccc2C1=O. The van der Waals surface area contributed by atoms with Gasteiger partial charge in [0.25, 0.3) is 11.8 Å². The lowest BCUT2D eigenvalue weighted by Crippen LogP contribution is -2.50. The summed E-state index contributed by atoms with van der Waals surface area (Å²) in [4.78, 5) is 44.5. The molecule has 6 nitrogen and oxygen atoms in total. The number of fused-ring (bicyclic) bond motifs is 2. The van der Waals surface area contributed by atoms with Gasteiger partial charge in [-0.2, -0.15) is 0 Å². The van der Waals surface area contributed by atoms with Crippen LogP contribution in [0.4, 0.5) is 5.13 Å². The molecule has 1 aliphatic heterocycles. The largest absolute Gasteiger partial charge is 0.300 e. The molecule has 0 saturated carbocycles. The highest BCUT2D eigenvalue weighted by molar-refractivity contribution is 7.22. The number of carbonyl (C=O) groups excluding carboxylic acids is 3. The van der Waals surface area contributed by atoms with Crippen molar-refractivity contribution >= 4 is 56.0 Å². The summed E-state index contributed by atoms with van der Waals surface area (Å²) in [5.74, 6) is -1.54. The Bertz CT molecular complexity index is 1110. The van der Waals surface area contributed by atoms with E-state index in [1.165, 1.54) is 11.3 Å². The summed E-state index contributed by atoms with van der Waals surface area (Å²) < 4.78 is 0.841. The molecule has 2 aromatic carbocycles. The Morgan fingerprint density at radius 2 is 1.83 bits per heavy atom. The van der Waals surface area contributed by atoms with Crippen LogP contribution in [0, 0.1) is 5.92 Å². The van der Waals surface area contributed by atoms with Gasteiger partial charge in [0.05, 0.1) is 21.3 Å². The Morgan fingerprint density at radius 3 is 2.45 bits per heavy atom. The average Bonchev–Trinajstić information content (AvgIpc) is 3.21. The van der Waals surface area contributed by atoms with Crippen molar-refractivity contribution in [2.45, 2.75) is 26.3 Å². The number of nitrogens with zero attached hydrogens (tertiary/aromatic N) is 2. The Balaban J connectivity index is 1.65. The minimum Gasteiger partial charge on any atom is -0.300 e. The number of thiazole rings is 1. The molecule has 29 heavy (non-hydrogen) atoms. The average molecular weight is 428 g/mol. The number of hydrogen-bond donors (Lipinski definition) is 1. The van der Waals surface area contributed by atoms with E-state index in [0.717, 1.165) is 15.1 Å². The predicted molar refractivity (Wildman–Crippen MR) is 113 cm³/mol. The number of aromatic nitrogens is 1. The fourth-order valence-electron chi connectivity index (χ4n) is 3.45. The Kier molecular flexibility index (Phi) is 5.10. The van der Waals surface area contributed by atoms with Gasteiger partial charge in [-0.15, -0.1) is 0 Å². The highest BCUT2D eigenvalue weighted by atomic mass is 35.5. The lowest BCUT2D eigenvalue weighted by molar-refractivity contribution is -0.121. The molecular formula is C21H18ClN3O3S. The van der Waals surface area contributed by atoms with Gasteiger partial charge in [-0.05, 0) is 36.2 Å². The third kappa shape index (κ3) is 3.41. The molecule has 3 amide bonds. The minimum absolute atomic E-state index is 0.221. The maximum Gasteiger partial charge on any atom is 0.262 e. The van der Waals surface area contributed by atoms with E-state index >= 15 is 0 Å². The molecule has 2 unspecified atom stereocenters. The summed E-state index contributed by atoms with van der Waals surface area (Å²) in [5.41, 5.74) is 1.37. The zero-order valence-electron chi connectivity index (χ0n) is 15.8. The first-order valence-electron chi connectivity index (χ1n) is 9.24. The number of hydrogen-bond acceptors (Lipinski definition) is 5. The van der Waals surface area contributed by atoms with Crippen LogP contribution in [-0.4, -0.2) is 33.6 Å². The number of anilines is 1. The second-order valence-corrected chi connectivity index (χ2v) is 8.44. The molecule has 0 radical (unpaired) electrons. The van der Waals surface area contributed by atoms with Gasteiger partial charge in [-0.25, -0.2) is 4.98 Å². The smallest absolute Gasteiger partial charge is 0.262 e. The van der Waals surface area contributed by atoms with Crippen LogP contribution in [-0.2, 0) is 4.79 Å². The van der Waals surface area contributed by atoms with Crippen molar-refractivity contribution in [3.63, 3.8) is 0 Å². The summed E-state index contributed by atoms with van der Waals surface area (Å²) in [7, 11) is 0. The molecule has 0 fully saturated rings. The van der Waals surface area contributed by atoms with Crippen LogP contribution in [0.5, 0.6) is 0 Å². The monoisotopic (exact) mass is 427 g/mol. The fourth-order valence-corrected chi connectivity index (χ4v) is 4.59. The molecule has 0 aliphatic carbocycles. The second kappa shape index (κ2) is 7.57. The first-order chi connectivity index (χ1) is 13.9. The molecule has 8 heteroatoms. The fraction of sp³-hybridized carbons (Fsp3) is 0.238. The molecule has 0 spiro atoms. The number of benzene rings is 2. The van der Waals surface area contributed by atoms with Crippen molar-refractivity contribution in [1.29, 1.82) is 0 Å². The number of amides is 3. The van der Waals surface area contributed by atoms with Crippen molar-refractivity contribution in [3.05, 3.63) is 58.6 Å². The molecule has 148 valence electrons. The van der Waals surface area contributed by atoms with Crippen LogP contribution in [0.3, 0.4) is 0 Å². The first-order valence-corrected chi connectivity index (χ1v) is 10.4.